The smallest absolute Gasteiger partial charge is 0.319 e. The van der Waals surface area contributed by atoms with Crippen molar-refractivity contribution >= 4 is 22.6 Å². The molecule has 2 atom stereocenters. The number of amides is 2. The Morgan fingerprint density at radius 3 is 2.96 bits per heavy atom. The van der Waals surface area contributed by atoms with E-state index < -0.39 is 0 Å². The third-order valence-electron chi connectivity index (χ3n) is 4.37. The number of nitrogens with zero attached hydrogens (tertiary/aromatic N) is 2. The molecular weight excluding hydrogens is 292 g/mol. The first-order chi connectivity index (χ1) is 11.0. The van der Waals surface area contributed by atoms with Crippen LogP contribution < -0.4 is 10.6 Å². The fraction of sp³-hybridized carbons (Fsp3) is 0.529. The van der Waals surface area contributed by atoms with Crippen molar-refractivity contribution < 1.29 is 9.90 Å². The molecule has 2 aromatic rings. The maximum atomic E-state index is 12.0. The maximum Gasteiger partial charge on any atom is 0.319 e. The molecule has 0 saturated heterocycles. The largest absolute Gasteiger partial charge is 0.393 e. The van der Waals surface area contributed by atoms with Crippen LogP contribution in [0.1, 0.15) is 39.2 Å². The van der Waals surface area contributed by atoms with Crippen molar-refractivity contribution in [3.05, 3.63) is 24.4 Å². The van der Waals surface area contributed by atoms with E-state index in [1.165, 1.54) is 0 Å². The molecule has 1 aliphatic carbocycles. The summed E-state index contributed by atoms with van der Waals surface area (Å²) in [4.78, 5) is 12.0. The Balaban J connectivity index is 1.58. The summed E-state index contributed by atoms with van der Waals surface area (Å²) in [5.74, 6) is 0.377. The van der Waals surface area contributed by atoms with Crippen LogP contribution in [0, 0.1) is 5.92 Å². The average molecular weight is 316 g/mol. The minimum atomic E-state index is -0.206. The molecule has 0 aliphatic heterocycles. The Kier molecular flexibility index (Phi) is 4.52. The van der Waals surface area contributed by atoms with E-state index in [0.717, 1.165) is 35.9 Å². The lowest BCUT2D eigenvalue weighted by molar-refractivity contribution is 0.177. The summed E-state index contributed by atoms with van der Waals surface area (Å²) < 4.78 is 1.92. The van der Waals surface area contributed by atoms with Gasteiger partial charge in [-0.1, -0.05) is 0 Å². The lowest BCUT2D eigenvalue weighted by atomic mass is 10.1. The van der Waals surface area contributed by atoms with Gasteiger partial charge in [0.2, 0.25) is 0 Å². The number of urea groups is 1. The van der Waals surface area contributed by atoms with Crippen LogP contribution in [0.25, 0.3) is 10.9 Å². The summed E-state index contributed by atoms with van der Waals surface area (Å²) >= 11 is 0. The molecule has 1 heterocycles. The first-order valence-corrected chi connectivity index (χ1v) is 8.23. The molecule has 6 nitrogen and oxygen atoms in total. The SMILES string of the molecule is CC(C)n1cc2cc(NC(=O)NC[C@H]3CC[C@@H](O)C3)ccc2n1. The molecule has 23 heavy (non-hydrogen) atoms. The molecule has 1 saturated carbocycles. The molecule has 0 bridgehead atoms. The molecule has 124 valence electrons. The van der Waals surface area contributed by atoms with E-state index in [1.807, 2.05) is 29.1 Å². The van der Waals surface area contributed by atoms with Crippen molar-refractivity contribution in [1.29, 1.82) is 0 Å². The molecule has 1 aliphatic rings. The predicted octanol–water partition coefficient (Wildman–Crippen LogP) is 2.90. The van der Waals surface area contributed by atoms with E-state index >= 15 is 0 Å². The second-order valence-electron chi connectivity index (χ2n) is 6.64. The fourth-order valence-electron chi connectivity index (χ4n) is 3.03. The van der Waals surface area contributed by atoms with Crippen molar-refractivity contribution in [2.24, 2.45) is 5.92 Å². The number of rotatable bonds is 4. The molecule has 2 amide bonds. The second kappa shape index (κ2) is 6.58. The zero-order valence-corrected chi connectivity index (χ0v) is 13.6. The first kappa shape index (κ1) is 15.8. The van der Waals surface area contributed by atoms with Gasteiger partial charge >= 0.3 is 6.03 Å². The van der Waals surface area contributed by atoms with Gasteiger partial charge in [0.1, 0.15) is 0 Å². The van der Waals surface area contributed by atoms with Gasteiger partial charge in [0.15, 0.2) is 0 Å². The Morgan fingerprint density at radius 1 is 1.43 bits per heavy atom. The number of benzene rings is 1. The highest BCUT2D eigenvalue weighted by molar-refractivity contribution is 5.92. The lowest BCUT2D eigenvalue weighted by Crippen LogP contribution is -2.32. The standard InChI is InChI=1S/C17H24N4O2/c1-11(2)21-10-13-8-14(4-6-16(13)20-21)19-17(23)18-9-12-3-5-15(22)7-12/h4,6,8,10-12,15,22H,3,5,7,9H2,1-2H3,(H2,18,19,23)/t12-,15+/m0/s1. The minimum Gasteiger partial charge on any atom is -0.393 e. The van der Waals surface area contributed by atoms with E-state index in [0.29, 0.717) is 18.5 Å². The van der Waals surface area contributed by atoms with Crippen molar-refractivity contribution in [2.45, 2.75) is 45.3 Å². The highest BCUT2D eigenvalue weighted by Gasteiger charge is 2.22. The highest BCUT2D eigenvalue weighted by atomic mass is 16.3. The predicted molar refractivity (Wildman–Crippen MR) is 90.5 cm³/mol. The van der Waals surface area contributed by atoms with Crippen molar-refractivity contribution in [3.8, 4) is 0 Å². The Bertz CT molecular complexity index is 695. The normalized spacial score (nSPS) is 21.0. The third-order valence-corrected chi connectivity index (χ3v) is 4.37. The zero-order chi connectivity index (χ0) is 16.4. The molecule has 3 rings (SSSR count). The first-order valence-electron chi connectivity index (χ1n) is 8.23. The van der Waals surface area contributed by atoms with Gasteiger partial charge in [-0.05, 0) is 57.2 Å². The number of nitrogens with one attached hydrogen (secondary N) is 2. The van der Waals surface area contributed by atoms with E-state index in [1.54, 1.807) is 0 Å². The summed E-state index contributed by atoms with van der Waals surface area (Å²) in [7, 11) is 0. The topological polar surface area (TPSA) is 79.2 Å². The zero-order valence-electron chi connectivity index (χ0n) is 13.6. The summed E-state index contributed by atoms with van der Waals surface area (Å²) in [6, 6.07) is 5.81. The number of aliphatic hydroxyl groups is 1. The van der Waals surface area contributed by atoms with Crippen molar-refractivity contribution in [1.82, 2.24) is 15.1 Å². The summed E-state index contributed by atoms with van der Waals surface area (Å²) in [6.07, 6.45) is 4.38. The summed E-state index contributed by atoms with van der Waals surface area (Å²) in [6.45, 7) is 4.77. The van der Waals surface area contributed by atoms with E-state index in [2.05, 4.69) is 29.6 Å². The molecule has 1 aromatic carbocycles. The van der Waals surface area contributed by atoms with Gasteiger partial charge in [-0.2, -0.15) is 5.10 Å². The monoisotopic (exact) mass is 316 g/mol. The van der Waals surface area contributed by atoms with Crippen LogP contribution in [-0.4, -0.2) is 33.6 Å². The molecule has 6 heteroatoms. The van der Waals surface area contributed by atoms with Gasteiger partial charge in [0.25, 0.3) is 0 Å². The number of hydrogen-bond acceptors (Lipinski definition) is 3. The summed E-state index contributed by atoms with van der Waals surface area (Å²) in [5, 5.41) is 20.7. The molecular formula is C17H24N4O2. The van der Waals surface area contributed by atoms with E-state index in [9.17, 15) is 9.90 Å². The van der Waals surface area contributed by atoms with E-state index in [4.69, 9.17) is 0 Å². The molecule has 0 spiro atoms. The van der Waals surface area contributed by atoms with Gasteiger partial charge < -0.3 is 15.7 Å². The average Bonchev–Trinajstić information content (AvgIpc) is 3.10. The highest BCUT2D eigenvalue weighted by Crippen LogP contribution is 2.24. The van der Waals surface area contributed by atoms with Gasteiger partial charge in [-0.15, -0.1) is 0 Å². The van der Waals surface area contributed by atoms with Crippen LogP contribution in [0.3, 0.4) is 0 Å². The molecule has 3 N–H and O–H groups in total. The second-order valence-corrected chi connectivity index (χ2v) is 6.64. The lowest BCUT2D eigenvalue weighted by Gasteiger charge is -2.11. The Hall–Kier alpha value is -2.08. The van der Waals surface area contributed by atoms with Gasteiger partial charge in [-0.3, -0.25) is 4.68 Å². The fourth-order valence-corrected chi connectivity index (χ4v) is 3.03. The van der Waals surface area contributed by atoms with Crippen LogP contribution in [0.2, 0.25) is 0 Å². The van der Waals surface area contributed by atoms with Gasteiger partial charge in [0.05, 0.1) is 11.6 Å². The minimum absolute atomic E-state index is 0.204. The number of anilines is 1. The molecule has 1 aromatic heterocycles. The quantitative estimate of drug-likeness (QED) is 0.811. The van der Waals surface area contributed by atoms with Crippen LogP contribution in [0.4, 0.5) is 10.5 Å². The van der Waals surface area contributed by atoms with Crippen molar-refractivity contribution in [3.63, 3.8) is 0 Å². The number of fused-ring (bicyclic) bond motifs is 1. The number of aliphatic hydroxyl groups excluding tert-OH is 1. The van der Waals surface area contributed by atoms with Crippen LogP contribution in [0.5, 0.6) is 0 Å². The summed E-state index contributed by atoms with van der Waals surface area (Å²) in [5.41, 5.74) is 1.68. The number of hydrogen-bond donors (Lipinski definition) is 3. The Morgan fingerprint density at radius 2 is 2.26 bits per heavy atom. The molecule has 1 fully saturated rings. The van der Waals surface area contributed by atoms with E-state index in [-0.39, 0.29) is 12.1 Å². The van der Waals surface area contributed by atoms with Crippen LogP contribution >= 0.6 is 0 Å². The van der Waals surface area contributed by atoms with Gasteiger partial charge in [0, 0.05) is 29.9 Å². The number of aromatic nitrogens is 2. The van der Waals surface area contributed by atoms with Crippen molar-refractivity contribution in [2.75, 3.05) is 11.9 Å². The number of carbonyl (C=O) groups excluding carboxylic acids is 1. The van der Waals surface area contributed by atoms with Crippen LogP contribution in [0.15, 0.2) is 24.4 Å². The third kappa shape index (κ3) is 3.82. The molecule has 0 radical (unpaired) electrons. The Labute approximate surface area is 135 Å². The maximum absolute atomic E-state index is 12.0. The number of carbonyl (C=O) groups is 1. The van der Waals surface area contributed by atoms with Gasteiger partial charge in [-0.25, -0.2) is 4.79 Å². The molecule has 0 unspecified atom stereocenters. The van der Waals surface area contributed by atoms with Crippen LogP contribution in [-0.2, 0) is 0 Å².